The van der Waals surface area contributed by atoms with Crippen LogP contribution < -0.4 is 0 Å². The van der Waals surface area contributed by atoms with Crippen molar-refractivity contribution in [2.24, 2.45) is 0 Å². The minimum Gasteiger partial charge on any atom is -0.466 e. The molecule has 0 saturated heterocycles. The van der Waals surface area contributed by atoms with E-state index in [2.05, 4.69) is 11.3 Å². The Morgan fingerprint density at radius 3 is 2.71 bits per heavy atom. The van der Waals surface area contributed by atoms with Crippen molar-refractivity contribution in [1.29, 1.82) is 0 Å². The molecule has 1 N–H and O–H groups in total. The predicted molar refractivity (Wildman–Crippen MR) is 63.3 cm³/mol. The normalized spacial score (nSPS) is 17.9. The number of hydrogen-bond acceptors (Lipinski definition) is 4. The molecular formula is C13H18O4. The number of allylic oxidation sites excluding steroid dienone is 1. The fourth-order valence-electron chi connectivity index (χ4n) is 1.93. The molecule has 1 unspecified atom stereocenters. The molecule has 0 aliphatic heterocycles. The molecule has 0 heterocycles. The summed E-state index contributed by atoms with van der Waals surface area (Å²) in [7, 11) is 1.23. The van der Waals surface area contributed by atoms with Crippen LogP contribution in [0.25, 0.3) is 0 Å². The summed E-state index contributed by atoms with van der Waals surface area (Å²) in [5, 5.41) is 9.82. The van der Waals surface area contributed by atoms with Crippen molar-refractivity contribution in [3.63, 3.8) is 0 Å². The van der Waals surface area contributed by atoms with E-state index in [1.807, 2.05) is 6.92 Å². The van der Waals surface area contributed by atoms with Crippen LogP contribution >= 0.6 is 0 Å². The lowest BCUT2D eigenvalue weighted by atomic mass is 9.87. The highest BCUT2D eigenvalue weighted by Crippen LogP contribution is 2.26. The van der Waals surface area contributed by atoms with Gasteiger partial charge in [0.15, 0.2) is 5.78 Å². The Balaban J connectivity index is 2.74. The topological polar surface area (TPSA) is 63.6 Å². The van der Waals surface area contributed by atoms with E-state index in [9.17, 15) is 14.7 Å². The van der Waals surface area contributed by atoms with Crippen LogP contribution in [0, 0.1) is 0 Å². The molecule has 0 saturated carbocycles. The second-order valence-electron chi connectivity index (χ2n) is 4.27. The summed E-state index contributed by atoms with van der Waals surface area (Å²) in [5.74, 6) is -0.579. The first-order valence-electron chi connectivity index (χ1n) is 5.64. The summed E-state index contributed by atoms with van der Waals surface area (Å²) in [6, 6.07) is 0. The Morgan fingerprint density at radius 2 is 2.18 bits per heavy atom. The Kier molecular flexibility index (Phi) is 4.63. The molecule has 0 bridgehead atoms. The molecule has 0 radical (unpaired) electrons. The molecule has 1 atom stereocenters. The predicted octanol–water partition coefficient (Wildman–Crippen LogP) is 1.54. The number of aliphatic hydroxyl groups is 1. The highest BCUT2D eigenvalue weighted by Gasteiger charge is 2.24. The SMILES string of the molecule is C=C(C(=O)OC)C(O)CC1=C(C)CCCC1=O. The van der Waals surface area contributed by atoms with Crippen LogP contribution in [0.2, 0.25) is 0 Å². The van der Waals surface area contributed by atoms with E-state index in [4.69, 9.17) is 0 Å². The summed E-state index contributed by atoms with van der Waals surface area (Å²) >= 11 is 0. The van der Waals surface area contributed by atoms with E-state index in [0.29, 0.717) is 12.0 Å². The van der Waals surface area contributed by atoms with E-state index >= 15 is 0 Å². The first kappa shape index (κ1) is 13.6. The summed E-state index contributed by atoms with van der Waals surface area (Å²) in [6.07, 6.45) is 1.36. The maximum absolute atomic E-state index is 11.7. The first-order valence-corrected chi connectivity index (χ1v) is 5.64. The molecule has 1 rings (SSSR count). The van der Waals surface area contributed by atoms with Crippen LogP contribution in [0.15, 0.2) is 23.3 Å². The van der Waals surface area contributed by atoms with E-state index in [1.165, 1.54) is 7.11 Å². The third-order valence-corrected chi connectivity index (χ3v) is 3.05. The van der Waals surface area contributed by atoms with Gasteiger partial charge in [-0.25, -0.2) is 4.79 Å². The van der Waals surface area contributed by atoms with Crippen molar-refractivity contribution in [2.75, 3.05) is 7.11 Å². The van der Waals surface area contributed by atoms with Gasteiger partial charge in [0, 0.05) is 12.8 Å². The van der Waals surface area contributed by atoms with E-state index in [1.54, 1.807) is 0 Å². The monoisotopic (exact) mass is 238 g/mol. The van der Waals surface area contributed by atoms with Crippen LogP contribution in [0.3, 0.4) is 0 Å². The highest BCUT2D eigenvalue weighted by molar-refractivity contribution is 5.97. The number of hydrogen-bond donors (Lipinski definition) is 1. The van der Waals surface area contributed by atoms with Crippen molar-refractivity contribution in [1.82, 2.24) is 0 Å². The molecule has 0 aromatic heterocycles. The zero-order valence-corrected chi connectivity index (χ0v) is 10.3. The molecule has 1 aliphatic carbocycles. The largest absolute Gasteiger partial charge is 0.466 e. The van der Waals surface area contributed by atoms with Gasteiger partial charge in [0.1, 0.15) is 0 Å². The molecule has 1 aliphatic rings. The lowest BCUT2D eigenvalue weighted by molar-refractivity contribution is -0.137. The van der Waals surface area contributed by atoms with Crippen LogP contribution in [0.4, 0.5) is 0 Å². The molecule has 0 amide bonds. The first-order chi connectivity index (χ1) is 7.97. The van der Waals surface area contributed by atoms with Gasteiger partial charge in [-0.05, 0) is 25.3 Å². The number of aliphatic hydroxyl groups excluding tert-OH is 1. The Hall–Kier alpha value is -1.42. The summed E-state index contributed by atoms with van der Waals surface area (Å²) in [5.41, 5.74) is 1.62. The average molecular weight is 238 g/mol. The van der Waals surface area contributed by atoms with Crippen LogP contribution in [-0.4, -0.2) is 30.1 Å². The zero-order valence-electron chi connectivity index (χ0n) is 10.3. The molecule has 0 fully saturated rings. The van der Waals surface area contributed by atoms with Gasteiger partial charge in [-0.2, -0.15) is 0 Å². The van der Waals surface area contributed by atoms with Gasteiger partial charge in [0.25, 0.3) is 0 Å². The zero-order chi connectivity index (χ0) is 13.0. The Morgan fingerprint density at radius 1 is 1.53 bits per heavy atom. The van der Waals surface area contributed by atoms with E-state index in [0.717, 1.165) is 18.4 Å². The molecule has 0 aromatic rings. The number of methoxy groups -OCH3 is 1. The maximum Gasteiger partial charge on any atom is 0.335 e. The lowest BCUT2D eigenvalue weighted by Crippen LogP contribution is -2.22. The smallest absolute Gasteiger partial charge is 0.335 e. The number of esters is 1. The van der Waals surface area contributed by atoms with Gasteiger partial charge >= 0.3 is 5.97 Å². The van der Waals surface area contributed by atoms with Crippen molar-refractivity contribution < 1.29 is 19.4 Å². The summed E-state index contributed by atoms with van der Waals surface area (Å²) in [6.45, 7) is 5.37. The standard InChI is InChI=1S/C13H18O4/c1-8-5-4-6-11(14)10(8)7-12(15)9(2)13(16)17-3/h12,15H,2,4-7H2,1,3H3. The van der Waals surface area contributed by atoms with Gasteiger partial charge in [0.05, 0.1) is 18.8 Å². The number of rotatable bonds is 4. The lowest BCUT2D eigenvalue weighted by Gasteiger charge is -2.19. The quantitative estimate of drug-likeness (QED) is 0.596. The minimum atomic E-state index is -1.05. The average Bonchev–Trinajstić information content (AvgIpc) is 2.31. The van der Waals surface area contributed by atoms with Crippen LogP contribution in [0.5, 0.6) is 0 Å². The molecule has 17 heavy (non-hydrogen) atoms. The summed E-state index contributed by atoms with van der Waals surface area (Å²) < 4.78 is 4.48. The summed E-state index contributed by atoms with van der Waals surface area (Å²) in [4.78, 5) is 22.9. The fourth-order valence-corrected chi connectivity index (χ4v) is 1.93. The number of carbonyl (C=O) groups excluding carboxylic acids is 2. The Bertz CT molecular complexity index is 379. The molecule has 4 nitrogen and oxygen atoms in total. The Labute approximate surface area is 101 Å². The van der Waals surface area contributed by atoms with Crippen LogP contribution in [0.1, 0.15) is 32.6 Å². The molecule has 0 aromatic carbocycles. The van der Waals surface area contributed by atoms with Crippen molar-refractivity contribution >= 4 is 11.8 Å². The third kappa shape index (κ3) is 3.27. The third-order valence-electron chi connectivity index (χ3n) is 3.05. The maximum atomic E-state index is 11.7. The second kappa shape index (κ2) is 5.77. The van der Waals surface area contributed by atoms with Crippen molar-refractivity contribution in [2.45, 2.75) is 38.7 Å². The van der Waals surface area contributed by atoms with E-state index in [-0.39, 0.29) is 17.8 Å². The molecular weight excluding hydrogens is 220 g/mol. The van der Waals surface area contributed by atoms with Gasteiger partial charge < -0.3 is 9.84 Å². The molecule has 0 spiro atoms. The van der Waals surface area contributed by atoms with Gasteiger partial charge in [-0.15, -0.1) is 0 Å². The van der Waals surface area contributed by atoms with Crippen molar-refractivity contribution in [3.8, 4) is 0 Å². The van der Waals surface area contributed by atoms with Gasteiger partial charge in [0.2, 0.25) is 0 Å². The number of Topliss-reactive ketones (excluding diaryl/α,β-unsaturated/α-hetero) is 1. The second-order valence-corrected chi connectivity index (χ2v) is 4.27. The van der Waals surface area contributed by atoms with Crippen LogP contribution in [-0.2, 0) is 14.3 Å². The van der Waals surface area contributed by atoms with E-state index < -0.39 is 12.1 Å². The van der Waals surface area contributed by atoms with Gasteiger partial charge in [-0.1, -0.05) is 12.2 Å². The number of ether oxygens (including phenoxy) is 1. The molecule has 94 valence electrons. The number of ketones is 1. The fraction of sp³-hybridized carbons (Fsp3) is 0.538. The van der Waals surface area contributed by atoms with Gasteiger partial charge in [-0.3, -0.25) is 4.79 Å². The van der Waals surface area contributed by atoms with Crippen molar-refractivity contribution in [3.05, 3.63) is 23.3 Å². The highest BCUT2D eigenvalue weighted by atomic mass is 16.5. The minimum absolute atomic E-state index is 0.00817. The number of carbonyl (C=O) groups is 2. The molecule has 4 heteroatoms.